The third-order valence-corrected chi connectivity index (χ3v) is 6.90. The average molecular weight is 532 g/mol. The van der Waals surface area contributed by atoms with E-state index in [2.05, 4.69) is 38.5 Å². The summed E-state index contributed by atoms with van der Waals surface area (Å²) in [5.41, 5.74) is 4.96. The van der Waals surface area contributed by atoms with Crippen molar-refractivity contribution in [3.8, 4) is 29.2 Å². The number of hydrogen-bond donors (Lipinski definition) is 1. The van der Waals surface area contributed by atoms with Gasteiger partial charge in [0.15, 0.2) is 11.2 Å². The van der Waals surface area contributed by atoms with Crippen LogP contribution in [-0.2, 0) is 16.9 Å². The number of halogens is 1. The van der Waals surface area contributed by atoms with Gasteiger partial charge in [-0.1, -0.05) is 29.7 Å². The highest BCUT2D eigenvalue weighted by Crippen LogP contribution is 2.35. The Morgan fingerprint density at radius 3 is 2.53 bits per heavy atom. The number of rotatable bonds is 6. The Hall–Kier alpha value is -4.16. The summed E-state index contributed by atoms with van der Waals surface area (Å²) >= 11 is 0. The molecule has 0 atom stereocenters. The fourth-order valence-corrected chi connectivity index (χ4v) is 5.41. The minimum Gasteiger partial charge on any atom is -0.357 e. The number of nitrogens with one attached hydrogen (secondary N) is 1. The second kappa shape index (κ2) is 9.30. The summed E-state index contributed by atoms with van der Waals surface area (Å²) in [5.74, 6) is 2.66. The van der Waals surface area contributed by atoms with Crippen LogP contribution < -0.4 is 9.61 Å². The van der Waals surface area contributed by atoms with E-state index in [1.54, 1.807) is 6.20 Å². The number of hydrogen-bond acceptors (Lipinski definition) is 5. The molecule has 194 valence electrons. The van der Waals surface area contributed by atoms with Crippen molar-refractivity contribution >= 4 is 43.3 Å². The summed E-state index contributed by atoms with van der Waals surface area (Å²) in [7, 11) is -5.21. The number of benzene rings is 2. The summed E-state index contributed by atoms with van der Waals surface area (Å²) in [6.07, 6.45) is 8.94. The molecule has 0 aliphatic heterocycles. The molecule has 0 unspecified atom stereocenters. The lowest BCUT2D eigenvalue weighted by atomic mass is 9.92. The molecule has 0 amide bonds. The van der Waals surface area contributed by atoms with Crippen molar-refractivity contribution in [2.75, 3.05) is 0 Å². The van der Waals surface area contributed by atoms with Crippen LogP contribution in [0, 0.1) is 18.3 Å². The van der Waals surface area contributed by atoms with Crippen LogP contribution in [0.3, 0.4) is 0 Å². The monoisotopic (exact) mass is 531 g/mol. The first-order chi connectivity index (χ1) is 18.0. The summed E-state index contributed by atoms with van der Waals surface area (Å²) in [4.78, 5) is 21.4. The predicted octanol–water partition coefficient (Wildman–Crippen LogP) is 6.05. The van der Waals surface area contributed by atoms with Gasteiger partial charge in [-0.05, 0) is 67.6 Å². The average Bonchev–Trinajstić information content (AvgIpc) is 3.21. The quantitative estimate of drug-likeness (QED) is 0.213. The van der Waals surface area contributed by atoms with E-state index in [1.165, 1.54) is 6.07 Å². The van der Waals surface area contributed by atoms with Gasteiger partial charge in [0, 0.05) is 39.7 Å². The molecule has 1 N–H and O–H groups in total. The molecule has 3 heterocycles. The van der Waals surface area contributed by atoms with Gasteiger partial charge >= 0.3 is 10.5 Å². The van der Waals surface area contributed by atoms with Crippen LogP contribution in [0.4, 0.5) is 3.89 Å². The number of aromatic amines is 1. The molecular weight excluding hydrogens is 505 g/mol. The molecule has 0 bridgehead atoms. The predicted molar refractivity (Wildman–Crippen MR) is 148 cm³/mol. The molecule has 38 heavy (non-hydrogen) atoms. The highest BCUT2D eigenvalue weighted by atomic mass is 32.3. The van der Waals surface area contributed by atoms with Gasteiger partial charge in [0.25, 0.3) is 0 Å². The highest BCUT2D eigenvalue weighted by molar-refractivity contribution is 7.81. The Kier molecular flexibility index (Phi) is 6.24. The lowest BCUT2D eigenvalue weighted by molar-refractivity contribution is 0.439. The second-order valence-corrected chi connectivity index (χ2v) is 11.0. The van der Waals surface area contributed by atoms with E-state index in [1.807, 2.05) is 44.2 Å². The van der Waals surface area contributed by atoms with E-state index in [9.17, 15) is 17.1 Å². The third kappa shape index (κ3) is 4.52. The van der Waals surface area contributed by atoms with E-state index >= 15 is 0 Å². The fraction of sp³-hybridized carbons (Fsp3) is 0.241. The van der Waals surface area contributed by atoms with Gasteiger partial charge in [0.2, 0.25) is 0 Å². The standard InChI is InChI=1S/C29H26FN3O4S/c1-6-18-7-8-22-25(10-18)32-29-27(22)28(34)24-12-19(9-16(2)3)23(13-26(24)33(29)17(4)5)20-11-21(15-31-14-20)37-38(30,35)36/h1,7-8,10-17,32H,9H2,2-5H3. The Bertz CT molecular complexity index is 1950. The summed E-state index contributed by atoms with van der Waals surface area (Å²) in [6.45, 7) is 8.21. The van der Waals surface area contributed by atoms with Crippen molar-refractivity contribution in [1.82, 2.24) is 14.5 Å². The molecule has 5 aromatic rings. The van der Waals surface area contributed by atoms with E-state index in [0.29, 0.717) is 39.5 Å². The Labute approximate surface area is 219 Å². The molecular formula is C29H26FN3O4S. The summed E-state index contributed by atoms with van der Waals surface area (Å²) in [5, 5.41) is 1.97. The largest absolute Gasteiger partial charge is 0.488 e. The fourth-order valence-electron chi connectivity index (χ4n) is 5.09. The number of nitrogens with zero attached hydrogens (tertiary/aromatic N) is 2. The molecule has 0 radical (unpaired) electrons. The minimum atomic E-state index is -5.21. The summed E-state index contributed by atoms with van der Waals surface area (Å²) in [6, 6.07) is 10.8. The smallest absolute Gasteiger partial charge is 0.357 e. The van der Waals surface area contributed by atoms with Crippen molar-refractivity contribution < 1.29 is 16.5 Å². The zero-order chi connectivity index (χ0) is 27.4. The number of terminal acetylenes is 1. The molecule has 7 nitrogen and oxygen atoms in total. The normalized spacial score (nSPS) is 12.2. The van der Waals surface area contributed by atoms with Crippen molar-refractivity contribution in [2.45, 2.75) is 40.2 Å². The molecule has 0 aliphatic carbocycles. The first-order valence-corrected chi connectivity index (χ1v) is 13.5. The number of pyridine rings is 2. The van der Waals surface area contributed by atoms with Gasteiger partial charge in [-0.25, -0.2) is 0 Å². The van der Waals surface area contributed by atoms with Gasteiger partial charge in [0.05, 0.1) is 17.1 Å². The molecule has 5 rings (SSSR count). The van der Waals surface area contributed by atoms with Crippen molar-refractivity contribution in [3.05, 3.63) is 70.1 Å². The molecule has 0 fully saturated rings. The van der Waals surface area contributed by atoms with Gasteiger partial charge in [-0.15, -0.1) is 6.42 Å². The lowest BCUT2D eigenvalue weighted by Crippen LogP contribution is -2.14. The van der Waals surface area contributed by atoms with E-state index in [4.69, 9.17) is 6.42 Å². The van der Waals surface area contributed by atoms with Crippen LogP contribution in [0.15, 0.2) is 53.6 Å². The third-order valence-electron chi connectivity index (χ3n) is 6.50. The maximum atomic E-state index is 14.0. The number of H-pyrrole nitrogens is 1. The van der Waals surface area contributed by atoms with Crippen LogP contribution >= 0.6 is 0 Å². The van der Waals surface area contributed by atoms with Crippen molar-refractivity contribution in [1.29, 1.82) is 0 Å². The lowest BCUT2D eigenvalue weighted by Gasteiger charge is -2.20. The highest BCUT2D eigenvalue weighted by Gasteiger charge is 2.21. The Morgan fingerprint density at radius 2 is 1.87 bits per heavy atom. The van der Waals surface area contributed by atoms with Crippen LogP contribution in [0.2, 0.25) is 0 Å². The molecule has 0 saturated heterocycles. The van der Waals surface area contributed by atoms with Crippen LogP contribution in [0.5, 0.6) is 5.75 Å². The molecule has 0 saturated carbocycles. The molecule has 0 spiro atoms. The molecule has 2 aromatic carbocycles. The SMILES string of the molecule is C#Cc1ccc2c(c1)[nH]c1c2c(=O)c2cc(CC(C)C)c(-c3cncc(OS(=O)(=O)F)c3)cc2n1C(C)C. The zero-order valence-electron chi connectivity index (χ0n) is 21.4. The molecule has 0 aliphatic rings. The second-order valence-electron chi connectivity index (χ2n) is 10.1. The first kappa shape index (κ1) is 25.5. The van der Waals surface area contributed by atoms with Crippen molar-refractivity contribution in [3.63, 3.8) is 0 Å². The van der Waals surface area contributed by atoms with Gasteiger partial charge < -0.3 is 13.7 Å². The Morgan fingerprint density at radius 1 is 1.11 bits per heavy atom. The van der Waals surface area contributed by atoms with Gasteiger partial charge in [0.1, 0.15) is 5.65 Å². The van der Waals surface area contributed by atoms with Gasteiger partial charge in [-0.2, -0.15) is 8.42 Å². The van der Waals surface area contributed by atoms with Crippen molar-refractivity contribution in [2.24, 2.45) is 5.92 Å². The van der Waals surface area contributed by atoms with Gasteiger partial charge in [-0.3, -0.25) is 9.78 Å². The number of aromatic nitrogens is 3. The van der Waals surface area contributed by atoms with Crippen LogP contribution in [0.25, 0.3) is 44.0 Å². The van der Waals surface area contributed by atoms with E-state index < -0.39 is 10.5 Å². The maximum absolute atomic E-state index is 14.0. The van der Waals surface area contributed by atoms with Crippen LogP contribution in [-0.4, -0.2) is 23.0 Å². The van der Waals surface area contributed by atoms with Crippen LogP contribution in [0.1, 0.15) is 44.9 Å². The number of fused-ring (bicyclic) bond motifs is 4. The zero-order valence-corrected chi connectivity index (χ0v) is 22.2. The maximum Gasteiger partial charge on any atom is 0.488 e. The summed E-state index contributed by atoms with van der Waals surface area (Å²) < 4.78 is 41.8. The minimum absolute atomic E-state index is 0.0194. The van der Waals surface area contributed by atoms with E-state index in [-0.39, 0.29) is 23.1 Å². The van der Waals surface area contributed by atoms with E-state index in [0.717, 1.165) is 28.2 Å². The molecule has 3 aromatic heterocycles. The molecule has 9 heteroatoms. The Balaban J connectivity index is 1.88. The topological polar surface area (TPSA) is 94.1 Å². The first-order valence-electron chi connectivity index (χ1n) is 12.2.